The molecule has 0 aliphatic heterocycles. The molecule has 0 aliphatic carbocycles. The Morgan fingerprint density at radius 2 is 2.03 bits per heavy atom. The number of nitrogens with zero attached hydrogens (tertiary/aromatic N) is 4. The van der Waals surface area contributed by atoms with E-state index < -0.39 is 0 Å². The Balaban J connectivity index is 1.54. The average Bonchev–Trinajstić information content (AvgIpc) is 3.27. The van der Waals surface area contributed by atoms with E-state index in [0.29, 0.717) is 28.4 Å². The first-order valence-corrected chi connectivity index (χ1v) is 10.5. The lowest BCUT2D eigenvalue weighted by Crippen LogP contribution is -2.14. The van der Waals surface area contributed by atoms with Gasteiger partial charge in [-0.15, -0.1) is 21.5 Å². The number of thiazole rings is 1. The van der Waals surface area contributed by atoms with Gasteiger partial charge in [-0.2, -0.15) is 0 Å². The number of aromatic hydroxyl groups is 1. The molecule has 2 heterocycles. The van der Waals surface area contributed by atoms with Gasteiger partial charge in [-0.3, -0.25) is 9.59 Å². The van der Waals surface area contributed by atoms with Crippen LogP contribution in [0.25, 0.3) is 11.4 Å². The predicted octanol–water partition coefficient (Wildman–Crippen LogP) is 2.48. The van der Waals surface area contributed by atoms with Crippen LogP contribution in [0, 0.1) is 0 Å². The summed E-state index contributed by atoms with van der Waals surface area (Å²) in [5, 5.41) is 23.1. The first-order chi connectivity index (χ1) is 14.0. The molecule has 0 saturated heterocycles. The van der Waals surface area contributed by atoms with Crippen molar-refractivity contribution in [2.45, 2.75) is 18.5 Å². The maximum absolute atomic E-state index is 12.2. The third kappa shape index (κ3) is 5.55. The van der Waals surface area contributed by atoms with Crippen LogP contribution in [-0.4, -0.2) is 49.1 Å². The van der Waals surface area contributed by atoms with E-state index >= 15 is 0 Å². The fraction of sp³-hybridized carbons (Fsp3) is 0.278. The molecule has 152 valence electrons. The van der Waals surface area contributed by atoms with E-state index in [9.17, 15) is 14.7 Å². The molecular weight excluding hydrogens is 414 g/mol. The minimum Gasteiger partial charge on any atom is -0.508 e. The van der Waals surface area contributed by atoms with Gasteiger partial charge in [0.15, 0.2) is 16.1 Å². The highest BCUT2D eigenvalue weighted by atomic mass is 32.2. The van der Waals surface area contributed by atoms with Crippen LogP contribution in [0.5, 0.6) is 5.75 Å². The van der Waals surface area contributed by atoms with Crippen LogP contribution in [0.2, 0.25) is 0 Å². The van der Waals surface area contributed by atoms with E-state index in [2.05, 4.69) is 20.5 Å². The Morgan fingerprint density at radius 3 is 2.76 bits per heavy atom. The molecule has 0 unspecified atom stereocenters. The van der Waals surface area contributed by atoms with Gasteiger partial charge < -0.3 is 19.7 Å². The Bertz CT molecular complexity index is 1000. The van der Waals surface area contributed by atoms with Gasteiger partial charge in [0.2, 0.25) is 5.91 Å². The van der Waals surface area contributed by atoms with Crippen molar-refractivity contribution in [3.05, 3.63) is 35.3 Å². The van der Waals surface area contributed by atoms with Crippen LogP contribution >= 0.6 is 23.1 Å². The molecule has 0 aliphatic rings. The largest absolute Gasteiger partial charge is 0.508 e. The second kappa shape index (κ2) is 9.52. The van der Waals surface area contributed by atoms with Crippen molar-refractivity contribution < 1.29 is 19.4 Å². The standard InChI is InChI=1S/C18H19N5O4S2/c1-3-27-15(26)8-12-9-28-17(19-12)20-14(25)10-29-18-22-21-16(23(18)2)11-4-6-13(24)7-5-11/h4-7,9,24H,3,8,10H2,1-2H3,(H,19,20,25). The quantitative estimate of drug-likeness (QED) is 0.411. The lowest BCUT2D eigenvalue weighted by Gasteiger charge is -2.04. The molecule has 2 aromatic heterocycles. The van der Waals surface area contributed by atoms with Crippen LogP contribution < -0.4 is 5.32 Å². The number of esters is 1. The van der Waals surface area contributed by atoms with E-state index in [1.165, 1.54) is 23.1 Å². The second-order valence-corrected chi connectivity index (χ2v) is 7.68. The van der Waals surface area contributed by atoms with Gasteiger partial charge in [0.25, 0.3) is 0 Å². The van der Waals surface area contributed by atoms with Crippen LogP contribution in [-0.2, 0) is 27.8 Å². The summed E-state index contributed by atoms with van der Waals surface area (Å²) < 4.78 is 6.67. The average molecular weight is 434 g/mol. The van der Waals surface area contributed by atoms with Crippen molar-refractivity contribution in [3.63, 3.8) is 0 Å². The molecule has 3 rings (SSSR count). The second-order valence-electron chi connectivity index (χ2n) is 5.87. The van der Waals surface area contributed by atoms with Crippen molar-refractivity contribution >= 4 is 40.1 Å². The Hall–Kier alpha value is -2.92. The number of carbonyl (C=O) groups is 2. The summed E-state index contributed by atoms with van der Waals surface area (Å²) >= 11 is 2.50. The number of ether oxygens (including phenoxy) is 1. The van der Waals surface area contributed by atoms with E-state index in [1.807, 2.05) is 7.05 Å². The van der Waals surface area contributed by atoms with Crippen molar-refractivity contribution in [3.8, 4) is 17.1 Å². The van der Waals surface area contributed by atoms with Crippen LogP contribution in [0.15, 0.2) is 34.8 Å². The van der Waals surface area contributed by atoms with Crippen molar-refractivity contribution in [2.24, 2.45) is 7.05 Å². The number of aromatic nitrogens is 4. The van der Waals surface area contributed by atoms with Gasteiger partial charge in [-0.1, -0.05) is 11.8 Å². The molecule has 2 N–H and O–H groups in total. The molecule has 0 saturated carbocycles. The number of nitrogens with one attached hydrogen (secondary N) is 1. The number of hydrogen-bond donors (Lipinski definition) is 2. The zero-order chi connectivity index (χ0) is 20.8. The van der Waals surface area contributed by atoms with Gasteiger partial charge in [0.05, 0.1) is 24.5 Å². The number of rotatable bonds is 8. The van der Waals surface area contributed by atoms with Gasteiger partial charge in [-0.25, -0.2) is 4.98 Å². The summed E-state index contributed by atoms with van der Waals surface area (Å²) in [7, 11) is 1.81. The molecular formula is C18H19N5O4S2. The number of anilines is 1. The summed E-state index contributed by atoms with van der Waals surface area (Å²) in [6, 6.07) is 6.65. The third-order valence-electron chi connectivity index (χ3n) is 3.72. The van der Waals surface area contributed by atoms with E-state index in [-0.39, 0.29) is 29.8 Å². The molecule has 0 spiro atoms. The van der Waals surface area contributed by atoms with E-state index in [4.69, 9.17) is 4.74 Å². The fourth-order valence-corrected chi connectivity index (χ4v) is 3.83. The number of carbonyl (C=O) groups excluding carboxylic acids is 2. The molecule has 1 amide bonds. The Labute approximate surface area is 175 Å². The third-order valence-corrected chi connectivity index (χ3v) is 5.55. The fourth-order valence-electron chi connectivity index (χ4n) is 2.39. The highest BCUT2D eigenvalue weighted by Crippen LogP contribution is 2.24. The van der Waals surface area contributed by atoms with Gasteiger partial charge in [0, 0.05) is 18.0 Å². The number of phenolic OH excluding ortho intramolecular Hbond substituents is 1. The van der Waals surface area contributed by atoms with Gasteiger partial charge in [-0.05, 0) is 31.2 Å². The minimum absolute atomic E-state index is 0.0773. The normalized spacial score (nSPS) is 10.7. The van der Waals surface area contributed by atoms with Crippen LogP contribution in [0.3, 0.4) is 0 Å². The Morgan fingerprint density at radius 1 is 1.28 bits per heavy atom. The predicted molar refractivity (Wildman–Crippen MR) is 110 cm³/mol. The molecule has 0 fully saturated rings. The summed E-state index contributed by atoms with van der Waals surface area (Å²) in [5.41, 5.74) is 1.37. The lowest BCUT2D eigenvalue weighted by molar-refractivity contribution is -0.142. The number of benzene rings is 1. The van der Waals surface area contributed by atoms with E-state index in [1.54, 1.807) is 41.1 Å². The molecule has 0 bridgehead atoms. The number of thioether (sulfide) groups is 1. The summed E-state index contributed by atoms with van der Waals surface area (Å²) in [5.74, 6) is 0.360. The van der Waals surface area contributed by atoms with Crippen LogP contribution in [0.1, 0.15) is 12.6 Å². The maximum Gasteiger partial charge on any atom is 0.311 e. The molecule has 11 heteroatoms. The topological polar surface area (TPSA) is 119 Å². The zero-order valence-electron chi connectivity index (χ0n) is 15.8. The SMILES string of the molecule is CCOC(=O)Cc1csc(NC(=O)CSc2nnc(-c3ccc(O)cc3)n2C)n1. The molecule has 3 aromatic rings. The monoisotopic (exact) mass is 433 g/mol. The summed E-state index contributed by atoms with van der Waals surface area (Å²) in [4.78, 5) is 27.9. The maximum atomic E-state index is 12.2. The van der Waals surface area contributed by atoms with Gasteiger partial charge >= 0.3 is 5.97 Å². The molecule has 9 nitrogen and oxygen atoms in total. The summed E-state index contributed by atoms with van der Waals surface area (Å²) in [6.45, 7) is 2.06. The molecule has 0 radical (unpaired) electrons. The zero-order valence-corrected chi connectivity index (χ0v) is 17.4. The summed E-state index contributed by atoms with van der Waals surface area (Å²) in [6.07, 6.45) is 0.0773. The minimum atomic E-state index is -0.349. The first-order valence-electron chi connectivity index (χ1n) is 8.67. The number of phenols is 1. The molecule has 0 atom stereocenters. The highest BCUT2D eigenvalue weighted by molar-refractivity contribution is 7.99. The smallest absolute Gasteiger partial charge is 0.311 e. The Kier molecular flexibility index (Phi) is 6.83. The molecule has 29 heavy (non-hydrogen) atoms. The van der Waals surface area contributed by atoms with Crippen molar-refractivity contribution in [1.82, 2.24) is 19.7 Å². The number of amides is 1. The molecule has 1 aromatic carbocycles. The highest BCUT2D eigenvalue weighted by Gasteiger charge is 2.14. The van der Waals surface area contributed by atoms with E-state index in [0.717, 1.165) is 5.56 Å². The first kappa shape index (κ1) is 20.8. The lowest BCUT2D eigenvalue weighted by atomic mass is 10.2. The van der Waals surface area contributed by atoms with Crippen molar-refractivity contribution in [1.29, 1.82) is 0 Å². The number of hydrogen-bond acceptors (Lipinski definition) is 9. The van der Waals surface area contributed by atoms with Crippen molar-refractivity contribution in [2.75, 3.05) is 17.7 Å². The van der Waals surface area contributed by atoms with Crippen LogP contribution in [0.4, 0.5) is 5.13 Å². The van der Waals surface area contributed by atoms with Gasteiger partial charge in [0.1, 0.15) is 5.75 Å².